The summed E-state index contributed by atoms with van der Waals surface area (Å²) in [6.07, 6.45) is 71.0. The molecule has 1 atom stereocenters. The zero-order valence-electron chi connectivity index (χ0n) is 45.1. The highest BCUT2D eigenvalue weighted by Gasteiger charge is 2.19. The summed E-state index contributed by atoms with van der Waals surface area (Å²) in [6, 6.07) is 0. The predicted octanol–water partition coefficient (Wildman–Crippen LogP) is 19.6. The summed E-state index contributed by atoms with van der Waals surface area (Å²) in [7, 11) is 0. The SMILES string of the molecule is CC/C=C\C/C=C\C/C=C\C/C=C\CCC(=O)OCC(COC(=O)CCCCCCCCCCCCCCCCCCCCCCCC)OC(=O)CCCCCCC/C=C\CCCCCCCC. The monoisotopic (exact) mass is 951 g/mol. The van der Waals surface area contributed by atoms with Gasteiger partial charge in [-0.25, -0.2) is 0 Å². The third-order valence-corrected chi connectivity index (χ3v) is 12.8. The van der Waals surface area contributed by atoms with Crippen LogP contribution in [0.3, 0.4) is 0 Å². The molecule has 0 saturated heterocycles. The van der Waals surface area contributed by atoms with Crippen molar-refractivity contribution < 1.29 is 28.6 Å². The van der Waals surface area contributed by atoms with Crippen LogP contribution in [0.2, 0.25) is 0 Å². The molecule has 1 unspecified atom stereocenters. The molecule has 0 fully saturated rings. The molecule has 6 nitrogen and oxygen atoms in total. The Morgan fingerprint density at radius 1 is 0.309 bits per heavy atom. The normalized spacial score (nSPS) is 12.5. The maximum Gasteiger partial charge on any atom is 0.306 e. The first-order valence-electron chi connectivity index (χ1n) is 29.3. The molecule has 0 radical (unpaired) electrons. The Kier molecular flexibility index (Phi) is 54.3. The van der Waals surface area contributed by atoms with E-state index in [2.05, 4.69) is 75.5 Å². The van der Waals surface area contributed by atoms with E-state index in [1.54, 1.807) is 0 Å². The van der Waals surface area contributed by atoms with Gasteiger partial charge in [-0.2, -0.15) is 0 Å². The largest absolute Gasteiger partial charge is 0.462 e. The van der Waals surface area contributed by atoms with Crippen molar-refractivity contribution in [1.82, 2.24) is 0 Å². The van der Waals surface area contributed by atoms with Crippen LogP contribution in [0.5, 0.6) is 0 Å². The lowest BCUT2D eigenvalue weighted by molar-refractivity contribution is -0.166. The average Bonchev–Trinajstić information content (AvgIpc) is 3.34. The molecule has 0 aliphatic rings. The number of ether oxygens (including phenoxy) is 3. The number of rotatable bonds is 53. The van der Waals surface area contributed by atoms with Crippen LogP contribution in [0.1, 0.15) is 297 Å². The van der Waals surface area contributed by atoms with Gasteiger partial charge in [-0.05, 0) is 70.6 Å². The Hall–Kier alpha value is -2.89. The molecular weight excluding hydrogens is 841 g/mol. The third kappa shape index (κ3) is 54.1. The number of carbonyl (C=O) groups is 3. The molecule has 0 heterocycles. The third-order valence-electron chi connectivity index (χ3n) is 12.8. The number of esters is 3. The van der Waals surface area contributed by atoms with Gasteiger partial charge in [0.05, 0.1) is 0 Å². The molecule has 394 valence electrons. The number of carbonyl (C=O) groups excluding carboxylic acids is 3. The molecule has 0 bridgehead atoms. The lowest BCUT2D eigenvalue weighted by Crippen LogP contribution is -2.30. The number of allylic oxidation sites excluding steroid dienone is 10. The fraction of sp³-hybridized carbons (Fsp3) is 0.790. The van der Waals surface area contributed by atoms with E-state index in [1.165, 1.54) is 173 Å². The molecule has 6 heteroatoms. The minimum atomic E-state index is -0.805. The van der Waals surface area contributed by atoms with E-state index in [-0.39, 0.29) is 37.5 Å². The zero-order valence-corrected chi connectivity index (χ0v) is 45.1. The van der Waals surface area contributed by atoms with Crippen molar-refractivity contribution in [3.63, 3.8) is 0 Å². The first-order chi connectivity index (χ1) is 33.5. The summed E-state index contributed by atoms with van der Waals surface area (Å²) >= 11 is 0. The van der Waals surface area contributed by atoms with Gasteiger partial charge in [-0.15, -0.1) is 0 Å². The van der Waals surface area contributed by atoms with Crippen LogP contribution in [0.25, 0.3) is 0 Å². The van der Waals surface area contributed by atoms with E-state index in [4.69, 9.17) is 14.2 Å². The van der Waals surface area contributed by atoms with Crippen molar-refractivity contribution in [2.45, 2.75) is 303 Å². The summed E-state index contributed by atoms with van der Waals surface area (Å²) < 4.78 is 16.8. The molecule has 0 N–H and O–H groups in total. The van der Waals surface area contributed by atoms with Gasteiger partial charge in [0, 0.05) is 19.3 Å². The van der Waals surface area contributed by atoms with E-state index in [0.717, 1.165) is 77.0 Å². The van der Waals surface area contributed by atoms with Gasteiger partial charge < -0.3 is 14.2 Å². The molecular formula is C62H110O6. The van der Waals surface area contributed by atoms with Gasteiger partial charge in [0.15, 0.2) is 6.10 Å². The van der Waals surface area contributed by atoms with Crippen molar-refractivity contribution in [2.24, 2.45) is 0 Å². The minimum absolute atomic E-state index is 0.0968. The van der Waals surface area contributed by atoms with Crippen LogP contribution in [-0.4, -0.2) is 37.2 Å². The Balaban J connectivity index is 4.34. The van der Waals surface area contributed by atoms with Crippen LogP contribution >= 0.6 is 0 Å². The van der Waals surface area contributed by atoms with E-state index < -0.39 is 6.10 Å². The Morgan fingerprint density at radius 3 is 0.985 bits per heavy atom. The van der Waals surface area contributed by atoms with Crippen LogP contribution in [0.15, 0.2) is 60.8 Å². The molecule has 68 heavy (non-hydrogen) atoms. The van der Waals surface area contributed by atoms with Crippen molar-refractivity contribution in [3.8, 4) is 0 Å². The summed E-state index contributed by atoms with van der Waals surface area (Å²) in [5.41, 5.74) is 0. The number of hydrogen-bond acceptors (Lipinski definition) is 6. The topological polar surface area (TPSA) is 78.9 Å². The van der Waals surface area contributed by atoms with Crippen LogP contribution in [-0.2, 0) is 28.6 Å². The van der Waals surface area contributed by atoms with Gasteiger partial charge in [0.25, 0.3) is 0 Å². The summed E-state index contributed by atoms with van der Waals surface area (Å²) in [4.78, 5) is 38.1. The van der Waals surface area contributed by atoms with E-state index in [1.807, 2.05) is 6.08 Å². The molecule has 0 rings (SSSR count). The van der Waals surface area contributed by atoms with E-state index >= 15 is 0 Å². The summed E-state index contributed by atoms with van der Waals surface area (Å²) in [6.45, 7) is 6.48. The second kappa shape index (κ2) is 56.7. The second-order valence-electron chi connectivity index (χ2n) is 19.5. The van der Waals surface area contributed by atoms with E-state index in [9.17, 15) is 14.4 Å². The first-order valence-corrected chi connectivity index (χ1v) is 29.3. The van der Waals surface area contributed by atoms with Gasteiger partial charge in [-0.1, -0.05) is 268 Å². The second-order valence-corrected chi connectivity index (χ2v) is 19.5. The number of unbranched alkanes of at least 4 members (excludes halogenated alkanes) is 32. The van der Waals surface area contributed by atoms with E-state index in [0.29, 0.717) is 19.3 Å². The molecule has 0 aliphatic carbocycles. The van der Waals surface area contributed by atoms with Crippen molar-refractivity contribution >= 4 is 17.9 Å². The molecule has 0 aromatic rings. The van der Waals surface area contributed by atoms with Crippen LogP contribution < -0.4 is 0 Å². The predicted molar refractivity (Wildman–Crippen MR) is 293 cm³/mol. The molecule has 0 aromatic carbocycles. The van der Waals surface area contributed by atoms with Gasteiger partial charge in [-0.3, -0.25) is 14.4 Å². The smallest absolute Gasteiger partial charge is 0.306 e. The average molecular weight is 952 g/mol. The van der Waals surface area contributed by atoms with Crippen molar-refractivity contribution in [2.75, 3.05) is 13.2 Å². The maximum atomic E-state index is 12.8. The van der Waals surface area contributed by atoms with Gasteiger partial charge in [0.1, 0.15) is 13.2 Å². The molecule has 0 aliphatic heterocycles. The van der Waals surface area contributed by atoms with Gasteiger partial charge in [0.2, 0.25) is 0 Å². The minimum Gasteiger partial charge on any atom is -0.462 e. The Morgan fingerprint density at radius 2 is 0.603 bits per heavy atom. The maximum absolute atomic E-state index is 12.8. The quantitative estimate of drug-likeness (QED) is 0.0262. The highest BCUT2D eigenvalue weighted by atomic mass is 16.6. The van der Waals surface area contributed by atoms with Crippen LogP contribution in [0.4, 0.5) is 0 Å². The highest BCUT2D eigenvalue weighted by molar-refractivity contribution is 5.71. The fourth-order valence-corrected chi connectivity index (χ4v) is 8.39. The lowest BCUT2D eigenvalue weighted by Gasteiger charge is -2.18. The fourth-order valence-electron chi connectivity index (χ4n) is 8.39. The lowest BCUT2D eigenvalue weighted by atomic mass is 10.0. The Bertz CT molecular complexity index is 1230. The van der Waals surface area contributed by atoms with Crippen LogP contribution in [0, 0.1) is 0 Å². The summed E-state index contributed by atoms with van der Waals surface area (Å²) in [5.74, 6) is -0.979. The highest BCUT2D eigenvalue weighted by Crippen LogP contribution is 2.17. The zero-order chi connectivity index (χ0) is 49.3. The first kappa shape index (κ1) is 65.1. The summed E-state index contributed by atoms with van der Waals surface area (Å²) in [5, 5.41) is 0. The molecule has 0 amide bonds. The number of hydrogen-bond donors (Lipinski definition) is 0. The molecule has 0 spiro atoms. The Labute approximate surface area is 421 Å². The standard InChI is InChI=1S/C62H110O6/c1-4-7-10-13-16-19-22-25-27-28-29-30-31-32-33-35-37-40-43-46-49-52-55-61(64)67-58-59(57-66-60(63)54-51-48-45-42-39-36-24-21-18-15-12-9-6-3)68-62(65)56-53-50-47-44-41-38-34-26-23-20-17-14-11-8-5-2/h9,12,18,21,26,34,36,39,45,48,59H,4-8,10-11,13-17,19-20,22-25,27-33,35,37-38,40-44,46-47,49-58H2,1-3H3/b12-9-,21-18-,34-26-,39-36-,48-45-. The van der Waals surface area contributed by atoms with Crippen molar-refractivity contribution in [1.29, 1.82) is 0 Å². The molecule has 0 saturated carbocycles. The van der Waals surface area contributed by atoms with Crippen molar-refractivity contribution in [3.05, 3.63) is 60.8 Å². The molecule has 0 aromatic heterocycles. The van der Waals surface area contributed by atoms with Gasteiger partial charge >= 0.3 is 17.9 Å².